The number of rotatable bonds is 7. The van der Waals surface area contributed by atoms with Crippen LogP contribution in [0.25, 0.3) is 0 Å². The molecule has 0 saturated heterocycles. The minimum atomic E-state index is -1.02. The number of thioether (sulfide) groups is 1. The van der Waals surface area contributed by atoms with Crippen LogP contribution in [0.5, 0.6) is 0 Å². The van der Waals surface area contributed by atoms with E-state index in [9.17, 15) is 9.59 Å². The fourth-order valence-electron chi connectivity index (χ4n) is 0.861. The SMILES string of the molecule is O=CNC(CSCc1nccs1)C(=O)O. The third kappa shape index (κ3) is 4.30. The lowest BCUT2D eigenvalue weighted by atomic mass is 10.3. The summed E-state index contributed by atoms with van der Waals surface area (Å²) in [5.74, 6) is -0.0101. The van der Waals surface area contributed by atoms with Crippen molar-refractivity contribution in [2.24, 2.45) is 0 Å². The summed E-state index contributed by atoms with van der Waals surface area (Å²) in [6.07, 6.45) is 2.11. The minimum Gasteiger partial charge on any atom is -0.480 e. The van der Waals surface area contributed by atoms with Crippen LogP contribution in [0.2, 0.25) is 0 Å². The Kier molecular flexibility index (Phi) is 5.13. The average Bonchev–Trinajstić information content (AvgIpc) is 2.69. The van der Waals surface area contributed by atoms with E-state index in [1.165, 1.54) is 23.1 Å². The van der Waals surface area contributed by atoms with E-state index in [1.807, 2.05) is 5.38 Å². The van der Waals surface area contributed by atoms with Crippen LogP contribution in [-0.2, 0) is 15.3 Å². The summed E-state index contributed by atoms with van der Waals surface area (Å²) in [6, 6.07) is -0.826. The molecule has 0 spiro atoms. The number of aliphatic carboxylic acids is 1. The second kappa shape index (κ2) is 6.41. The van der Waals surface area contributed by atoms with Crippen molar-refractivity contribution in [3.63, 3.8) is 0 Å². The van der Waals surface area contributed by atoms with Crippen molar-refractivity contribution in [1.82, 2.24) is 10.3 Å². The molecule has 2 N–H and O–H groups in total. The highest BCUT2D eigenvalue weighted by Gasteiger charge is 2.15. The Morgan fingerprint density at radius 2 is 2.60 bits per heavy atom. The van der Waals surface area contributed by atoms with Crippen LogP contribution >= 0.6 is 23.1 Å². The highest BCUT2D eigenvalue weighted by molar-refractivity contribution is 7.98. The number of hydrogen-bond donors (Lipinski definition) is 2. The van der Waals surface area contributed by atoms with Gasteiger partial charge in [0, 0.05) is 23.1 Å². The Morgan fingerprint density at radius 1 is 1.80 bits per heavy atom. The number of carbonyl (C=O) groups excluding carboxylic acids is 1. The van der Waals surface area contributed by atoms with E-state index in [2.05, 4.69) is 10.3 Å². The molecule has 1 unspecified atom stereocenters. The van der Waals surface area contributed by atoms with Gasteiger partial charge in [0.2, 0.25) is 6.41 Å². The molecule has 1 rings (SSSR count). The first kappa shape index (κ1) is 12.0. The first-order valence-electron chi connectivity index (χ1n) is 4.12. The molecule has 7 heteroatoms. The molecule has 1 atom stereocenters. The Hall–Kier alpha value is -1.08. The fraction of sp³-hybridized carbons (Fsp3) is 0.375. The Balaban J connectivity index is 2.28. The van der Waals surface area contributed by atoms with Gasteiger partial charge in [0.15, 0.2) is 0 Å². The number of nitrogens with one attached hydrogen (secondary N) is 1. The van der Waals surface area contributed by atoms with Crippen LogP contribution in [0.1, 0.15) is 5.01 Å². The van der Waals surface area contributed by atoms with Crippen LogP contribution in [0.4, 0.5) is 0 Å². The number of carboxylic acid groups (broad SMARTS) is 1. The molecular formula is C8H10N2O3S2. The Labute approximate surface area is 94.9 Å². The summed E-state index contributed by atoms with van der Waals surface area (Å²) in [5.41, 5.74) is 0. The molecule has 1 amide bonds. The standard InChI is InChI=1S/C8H10N2O3S2/c11-5-10-6(8(12)13)3-14-4-7-9-1-2-15-7/h1-2,5-6H,3-4H2,(H,10,11)(H,12,13). The number of hydrogen-bond acceptors (Lipinski definition) is 5. The van der Waals surface area contributed by atoms with Gasteiger partial charge in [-0.15, -0.1) is 11.3 Å². The second-order valence-electron chi connectivity index (χ2n) is 2.62. The molecule has 0 aromatic carbocycles. The number of amides is 1. The predicted octanol–water partition coefficient (Wildman–Crippen LogP) is 0.576. The maximum Gasteiger partial charge on any atom is 0.327 e. The van der Waals surface area contributed by atoms with Crippen molar-refractivity contribution in [2.75, 3.05) is 5.75 Å². The monoisotopic (exact) mass is 246 g/mol. The summed E-state index contributed by atoms with van der Waals surface area (Å²) in [5, 5.41) is 13.8. The lowest BCUT2D eigenvalue weighted by Gasteiger charge is -2.09. The normalized spacial score (nSPS) is 12.0. The highest BCUT2D eigenvalue weighted by atomic mass is 32.2. The molecule has 0 saturated carbocycles. The van der Waals surface area contributed by atoms with Gasteiger partial charge < -0.3 is 10.4 Å². The van der Waals surface area contributed by atoms with E-state index in [-0.39, 0.29) is 0 Å². The van der Waals surface area contributed by atoms with Crippen molar-refractivity contribution < 1.29 is 14.7 Å². The van der Waals surface area contributed by atoms with Crippen LogP contribution in [-0.4, -0.2) is 34.3 Å². The van der Waals surface area contributed by atoms with Gasteiger partial charge >= 0.3 is 5.97 Å². The number of carboxylic acids is 1. The van der Waals surface area contributed by atoms with Crippen LogP contribution in [0.3, 0.4) is 0 Å². The van der Waals surface area contributed by atoms with Gasteiger partial charge in [0.1, 0.15) is 11.0 Å². The zero-order valence-corrected chi connectivity index (χ0v) is 9.38. The van der Waals surface area contributed by atoms with Crippen LogP contribution < -0.4 is 5.32 Å². The number of carbonyl (C=O) groups is 2. The van der Waals surface area contributed by atoms with Crippen LogP contribution in [0, 0.1) is 0 Å². The lowest BCUT2D eigenvalue weighted by Crippen LogP contribution is -2.37. The van der Waals surface area contributed by atoms with Gasteiger partial charge in [0.25, 0.3) is 0 Å². The van der Waals surface area contributed by atoms with Crippen molar-refractivity contribution in [3.8, 4) is 0 Å². The number of thiazole rings is 1. The third-order valence-electron chi connectivity index (χ3n) is 1.56. The van der Waals surface area contributed by atoms with Crippen LogP contribution in [0.15, 0.2) is 11.6 Å². The third-order valence-corrected chi connectivity index (χ3v) is 3.57. The molecule has 0 fully saturated rings. The minimum absolute atomic E-state index is 0.341. The van der Waals surface area contributed by atoms with Gasteiger partial charge in [0.05, 0.1) is 0 Å². The first-order valence-corrected chi connectivity index (χ1v) is 6.16. The molecule has 0 aliphatic heterocycles. The van der Waals surface area contributed by atoms with Crippen molar-refractivity contribution in [2.45, 2.75) is 11.8 Å². The van der Waals surface area contributed by atoms with Gasteiger partial charge in [-0.2, -0.15) is 11.8 Å². The Morgan fingerprint density at radius 3 is 3.13 bits per heavy atom. The van der Waals surface area contributed by atoms with Gasteiger partial charge in [-0.25, -0.2) is 9.78 Å². The zero-order valence-electron chi connectivity index (χ0n) is 7.75. The molecular weight excluding hydrogens is 236 g/mol. The molecule has 0 aliphatic rings. The van der Waals surface area contributed by atoms with E-state index in [1.54, 1.807) is 6.20 Å². The molecule has 1 aromatic heterocycles. The topological polar surface area (TPSA) is 79.3 Å². The van der Waals surface area contributed by atoms with Gasteiger partial charge in [-0.3, -0.25) is 4.79 Å². The molecule has 82 valence electrons. The van der Waals surface area contributed by atoms with Crippen molar-refractivity contribution in [1.29, 1.82) is 0 Å². The molecule has 0 aliphatic carbocycles. The molecule has 5 nitrogen and oxygen atoms in total. The fourth-order valence-corrected chi connectivity index (χ4v) is 2.63. The van der Waals surface area contributed by atoms with Gasteiger partial charge in [-0.05, 0) is 0 Å². The largest absolute Gasteiger partial charge is 0.480 e. The molecule has 15 heavy (non-hydrogen) atoms. The van der Waals surface area contributed by atoms with E-state index >= 15 is 0 Å². The highest BCUT2D eigenvalue weighted by Crippen LogP contribution is 2.14. The summed E-state index contributed by atoms with van der Waals surface area (Å²) < 4.78 is 0. The molecule has 0 radical (unpaired) electrons. The van der Waals surface area contributed by atoms with E-state index in [4.69, 9.17) is 5.11 Å². The number of nitrogens with zero attached hydrogens (tertiary/aromatic N) is 1. The second-order valence-corrected chi connectivity index (χ2v) is 4.63. The summed E-state index contributed by atoms with van der Waals surface area (Å²) in [7, 11) is 0. The van der Waals surface area contributed by atoms with E-state index < -0.39 is 12.0 Å². The molecule has 1 heterocycles. The molecule has 1 aromatic rings. The predicted molar refractivity (Wildman–Crippen MR) is 58.9 cm³/mol. The first-order chi connectivity index (χ1) is 7.24. The van der Waals surface area contributed by atoms with Gasteiger partial charge in [-0.1, -0.05) is 0 Å². The Bertz CT molecular complexity index is 316. The maximum atomic E-state index is 10.6. The van der Waals surface area contributed by atoms with E-state index in [0.717, 1.165) is 5.01 Å². The average molecular weight is 246 g/mol. The maximum absolute atomic E-state index is 10.6. The van der Waals surface area contributed by atoms with E-state index in [0.29, 0.717) is 17.9 Å². The summed E-state index contributed by atoms with van der Waals surface area (Å²) in [4.78, 5) is 24.8. The molecule has 0 bridgehead atoms. The van der Waals surface area contributed by atoms with Crippen molar-refractivity contribution in [3.05, 3.63) is 16.6 Å². The quantitative estimate of drug-likeness (QED) is 0.688. The lowest BCUT2D eigenvalue weighted by molar-refractivity contribution is -0.139. The summed E-state index contributed by atoms with van der Waals surface area (Å²) in [6.45, 7) is 0. The zero-order chi connectivity index (χ0) is 11.1. The smallest absolute Gasteiger partial charge is 0.327 e. The van der Waals surface area contributed by atoms with Crippen molar-refractivity contribution >= 4 is 35.5 Å². The summed E-state index contributed by atoms with van der Waals surface area (Å²) >= 11 is 2.96. The number of aromatic nitrogens is 1.